The van der Waals surface area contributed by atoms with Gasteiger partial charge in [0.05, 0.1) is 18.5 Å². The molecule has 1 heterocycles. The fraction of sp³-hybridized carbons (Fsp3) is 0.333. The molecule has 5 heteroatoms. The molecule has 0 aliphatic carbocycles. The molecule has 0 bridgehead atoms. The number of rotatable bonds is 3. The summed E-state index contributed by atoms with van der Waals surface area (Å²) in [5, 5.41) is 0. The second-order valence-corrected chi connectivity index (χ2v) is 2.63. The van der Waals surface area contributed by atoms with Crippen LogP contribution in [0.15, 0.2) is 18.3 Å². The Morgan fingerprint density at radius 1 is 1.71 bits per heavy atom. The van der Waals surface area contributed by atoms with Gasteiger partial charge in [0.1, 0.15) is 11.9 Å². The van der Waals surface area contributed by atoms with E-state index >= 15 is 0 Å². The second-order valence-electron chi connectivity index (χ2n) is 2.63. The van der Waals surface area contributed by atoms with Gasteiger partial charge in [-0.2, -0.15) is 0 Å². The van der Waals surface area contributed by atoms with Crippen LogP contribution >= 0.6 is 0 Å². The highest BCUT2D eigenvalue weighted by atomic mass is 19.1. The van der Waals surface area contributed by atoms with E-state index < -0.39 is 17.8 Å². The second kappa shape index (κ2) is 4.66. The van der Waals surface area contributed by atoms with E-state index in [0.29, 0.717) is 5.69 Å². The lowest BCUT2D eigenvalue weighted by Crippen LogP contribution is -2.24. The number of ether oxygens (including phenoxy) is 1. The van der Waals surface area contributed by atoms with Crippen LogP contribution in [0.25, 0.3) is 0 Å². The molecule has 0 spiro atoms. The maximum Gasteiger partial charge on any atom is 0.329 e. The molecular weight excluding hydrogens is 187 g/mol. The number of nitrogens with two attached hydrogens (primary N) is 1. The molecule has 1 aromatic heterocycles. The molecule has 4 nitrogen and oxygen atoms in total. The number of esters is 1. The normalized spacial score (nSPS) is 12.2. The molecule has 1 rings (SSSR count). The number of hydrogen-bond donors (Lipinski definition) is 1. The van der Waals surface area contributed by atoms with Crippen molar-refractivity contribution in [2.45, 2.75) is 13.0 Å². The van der Waals surface area contributed by atoms with Crippen LogP contribution in [0.2, 0.25) is 0 Å². The van der Waals surface area contributed by atoms with E-state index in [4.69, 9.17) is 10.5 Å². The minimum Gasteiger partial charge on any atom is -0.465 e. The molecule has 0 radical (unpaired) electrons. The number of carbonyl (C=O) groups is 1. The van der Waals surface area contributed by atoms with Crippen LogP contribution in [0, 0.1) is 5.82 Å². The number of hydrogen-bond acceptors (Lipinski definition) is 4. The third-order valence-electron chi connectivity index (χ3n) is 1.61. The zero-order valence-corrected chi connectivity index (χ0v) is 7.74. The van der Waals surface area contributed by atoms with E-state index in [-0.39, 0.29) is 6.61 Å². The summed E-state index contributed by atoms with van der Waals surface area (Å²) in [5.74, 6) is -1.03. The summed E-state index contributed by atoms with van der Waals surface area (Å²) in [6, 6.07) is 1.61. The highest BCUT2D eigenvalue weighted by Crippen LogP contribution is 2.08. The number of carbonyl (C=O) groups excluding carboxylic acids is 1. The van der Waals surface area contributed by atoms with E-state index in [0.717, 1.165) is 6.20 Å². The molecule has 14 heavy (non-hydrogen) atoms. The van der Waals surface area contributed by atoms with Crippen LogP contribution in [0.1, 0.15) is 18.7 Å². The van der Waals surface area contributed by atoms with E-state index in [9.17, 15) is 9.18 Å². The fourth-order valence-corrected chi connectivity index (χ4v) is 0.924. The highest BCUT2D eigenvalue weighted by Gasteiger charge is 2.17. The molecule has 0 saturated carbocycles. The lowest BCUT2D eigenvalue weighted by atomic mass is 10.2. The molecule has 0 saturated heterocycles. The lowest BCUT2D eigenvalue weighted by molar-refractivity contribution is -0.144. The van der Waals surface area contributed by atoms with E-state index in [2.05, 4.69) is 4.98 Å². The summed E-state index contributed by atoms with van der Waals surface area (Å²) in [7, 11) is 0. The molecule has 0 fully saturated rings. The van der Waals surface area contributed by atoms with Gasteiger partial charge in [0.25, 0.3) is 0 Å². The fourth-order valence-electron chi connectivity index (χ4n) is 0.924. The van der Waals surface area contributed by atoms with Crippen LogP contribution in [0.5, 0.6) is 0 Å². The van der Waals surface area contributed by atoms with Crippen molar-refractivity contribution in [2.24, 2.45) is 5.73 Å². The van der Waals surface area contributed by atoms with Gasteiger partial charge in [-0.15, -0.1) is 0 Å². The Labute approximate surface area is 80.9 Å². The Kier molecular flexibility index (Phi) is 3.53. The standard InChI is InChI=1S/C9H11FN2O2/c1-2-14-9(13)8(11)7-4-3-6(10)5-12-7/h3-5,8H,2,11H2,1H3. The highest BCUT2D eigenvalue weighted by molar-refractivity contribution is 5.76. The summed E-state index contributed by atoms with van der Waals surface area (Å²) < 4.78 is 17.2. The quantitative estimate of drug-likeness (QED) is 0.729. The van der Waals surface area contributed by atoms with Crippen molar-refractivity contribution in [3.63, 3.8) is 0 Å². The van der Waals surface area contributed by atoms with Crippen LogP contribution in [0.4, 0.5) is 4.39 Å². The monoisotopic (exact) mass is 198 g/mol. The molecule has 1 atom stereocenters. The van der Waals surface area contributed by atoms with Crippen molar-refractivity contribution in [1.29, 1.82) is 0 Å². The molecule has 0 aliphatic rings. The Bertz CT molecular complexity index is 313. The molecule has 1 aromatic rings. The van der Waals surface area contributed by atoms with Crippen LogP contribution in [0.3, 0.4) is 0 Å². The summed E-state index contributed by atoms with van der Waals surface area (Å²) in [4.78, 5) is 14.8. The number of halogens is 1. The topological polar surface area (TPSA) is 65.2 Å². The molecule has 1 unspecified atom stereocenters. The van der Waals surface area contributed by atoms with E-state index in [1.807, 2.05) is 0 Å². The number of pyridine rings is 1. The molecular formula is C9H11FN2O2. The van der Waals surface area contributed by atoms with E-state index in [1.165, 1.54) is 12.1 Å². The van der Waals surface area contributed by atoms with Gasteiger partial charge in [0.15, 0.2) is 0 Å². The first-order valence-corrected chi connectivity index (χ1v) is 4.18. The van der Waals surface area contributed by atoms with Crippen LogP contribution < -0.4 is 5.73 Å². The van der Waals surface area contributed by atoms with Crippen molar-refractivity contribution < 1.29 is 13.9 Å². The zero-order valence-electron chi connectivity index (χ0n) is 7.74. The minimum absolute atomic E-state index is 0.258. The molecule has 0 aliphatic heterocycles. The maximum absolute atomic E-state index is 12.5. The first-order valence-electron chi connectivity index (χ1n) is 4.18. The van der Waals surface area contributed by atoms with Gasteiger partial charge in [0, 0.05) is 0 Å². The van der Waals surface area contributed by atoms with Gasteiger partial charge >= 0.3 is 5.97 Å². The van der Waals surface area contributed by atoms with Crippen LogP contribution in [-0.4, -0.2) is 17.6 Å². The average molecular weight is 198 g/mol. The van der Waals surface area contributed by atoms with E-state index in [1.54, 1.807) is 6.92 Å². The predicted molar refractivity (Wildman–Crippen MR) is 47.8 cm³/mol. The SMILES string of the molecule is CCOC(=O)C(N)c1ccc(F)cn1. The molecule has 0 aromatic carbocycles. The van der Waals surface area contributed by atoms with Gasteiger partial charge in [-0.05, 0) is 19.1 Å². The van der Waals surface area contributed by atoms with Gasteiger partial charge in [0.2, 0.25) is 0 Å². The third-order valence-corrected chi connectivity index (χ3v) is 1.61. The molecule has 0 amide bonds. The van der Waals surface area contributed by atoms with Crippen LogP contribution in [-0.2, 0) is 9.53 Å². The minimum atomic E-state index is -0.949. The number of aromatic nitrogens is 1. The summed E-state index contributed by atoms with van der Waals surface area (Å²) in [6.45, 7) is 1.94. The van der Waals surface area contributed by atoms with Gasteiger partial charge in [-0.25, -0.2) is 9.18 Å². The first-order chi connectivity index (χ1) is 6.65. The maximum atomic E-state index is 12.5. The van der Waals surface area contributed by atoms with Crippen molar-refractivity contribution in [1.82, 2.24) is 4.98 Å². The zero-order chi connectivity index (χ0) is 10.6. The Balaban J connectivity index is 2.73. The number of nitrogens with zero attached hydrogens (tertiary/aromatic N) is 1. The summed E-state index contributed by atoms with van der Waals surface area (Å²) in [6.07, 6.45) is 1.01. The molecule has 2 N–H and O–H groups in total. The van der Waals surface area contributed by atoms with Crippen molar-refractivity contribution in [3.05, 3.63) is 29.8 Å². The van der Waals surface area contributed by atoms with Crippen molar-refractivity contribution >= 4 is 5.97 Å². The Morgan fingerprint density at radius 3 is 2.93 bits per heavy atom. The van der Waals surface area contributed by atoms with Gasteiger partial charge < -0.3 is 10.5 Å². The Hall–Kier alpha value is -1.49. The van der Waals surface area contributed by atoms with Gasteiger partial charge in [-0.1, -0.05) is 0 Å². The molecule has 76 valence electrons. The smallest absolute Gasteiger partial charge is 0.329 e. The Morgan fingerprint density at radius 2 is 2.43 bits per heavy atom. The average Bonchev–Trinajstić information content (AvgIpc) is 2.18. The predicted octanol–water partition coefficient (Wildman–Crippen LogP) is 0.784. The largest absolute Gasteiger partial charge is 0.465 e. The van der Waals surface area contributed by atoms with Crippen molar-refractivity contribution in [2.75, 3.05) is 6.61 Å². The van der Waals surface area contributed by atoms with Crippen molar-refractivity contribution in [3.8, 4) is 0 Å². The summed E-state index contributed by atoms with van der Waals surface area (Å²) >= 11 is 0. The van der Waals surface area contributed by atoms with Gasteiger partial charge in [-0.3, -0.25) is 4.98 Å². The third kappa shape index (κ3) is 2.50. The lowest BCUT2D eigenvalue weighted by Gasteiger charge is -2.09. The first kappa shape index (κ1) is 10.6. The summed E-state index contributed by atoms with van der Waals surface area (Å²) in [5.41, 5.74) is 5.81.